The van der Waals surface area contributed by atoms with Gasteiger partial charge in [0, 0.05) is 26.3 Å². The maximum atomic E-state index is 12.2. The van der Waals surface area contributed by atoms with Crippen LogP contribution in [0.1, 0.15) is 25.5 Å². The van der Waals surface area contributed by atoms with Crippen LogP contribution in [0.15, 0.2) is 24.3 Å². The molecule has 0 aliphatic heterocycles. The van der Waals surface area contributed by atoms with E-state index < -0.39 is 18.2 Å². The summed E-state index contributed by atoms with van der Waals surface area (Å²) in [6.07, 6.45) is -1.17. The molecule has 0 bridgehead atoms. The lowest BCUT2D eigenvalue weighted by Gasteiger charge is -2.23. The highest BCUT2D eigenvalue weighted by molar-refractivity contribution is 5.82. The molecule has 1 aromatic carbocycles. The van der Waals surface area contributed by atoms with E-state index in [2.05, 4.69) is 10.6 Å². The lowest BCUT2D eigenvalue weighted by Crippen LogP contribution is -2.44. The Kier molecular flexibility index (Phi) is 8.21. The second-order valence-corrected chi connectivity index (χ2v) is 5.30. The van der Waals surface area contributed by atoms with Gasteiger partial charge in [0.2, 0.25) is 11.8 Å². The van der Waals surface area contributed by atoms with Crippen molar-refractivity contribution >= 4 is 11.8 Å². The number of rotatable bonds is 9. The van der Waals surface area contributed by atoms with Gasteiger partial charge in [-0.05, 0) is 19.9 Å². The van der Waals surface area contributed by atoms with E-state index in [4.69, 9.17) is 14.2 Å². The van der Waals surface area contributed by atoms with Gasteiger partial charge in [-0.1, -0.05) is 18.2 Å². The fourth-order valence-electron chi connectivity index (χ4n) is 2.04. The predicted molar refractivity (Wildman–Crippen MR) is 89.8 cm³/mol. The fourth-order valence-corrected chi connectivity index (χ4v) is 2.04. The summed E-state index contributed by atoms with van der Waals surface area (Å²) in [5, 5.41) is 5.64. The van der Waals surface area contributed by atoms with Crippen molar-refractivity contribution in [3.05, 3.63) is 29.8 Å². The molecule has 0 unspecified atom stereocenters. The Morgan fingerprint density at radius 2 is 1.58 bits per heavy atom. The summed E-state index contributed by atoms with van der Waals surface area (Å²) in [6, 6.07) is 6.86. The van der Waals surface area contributed by atoms with Crippen LogP contribution < -0.4 is 15.4 Å². The minimum Gasteiger partial charge on any atom is -0.496 e. The highest BCUT2D eigenvalue weighted by Gasteiger charge is 2.23. The Labute approximate surface area is 142 Å². The molecule has 0 saturated carbocycles. The van der Waals surface area contributed by atoms with Crippen LogP contribution in [0.5, 0.6) is 5.75 Å². The summed E-state index contributed by atoms with van der Waals surface area (Å²) in [6.45, 7) is 3.51. The van der Waals surface area contributed by atoms with E-state index in [1.807, 2.05) is 18.2 Å². The molecule has 1 aromatic rings. The third-order valence-corrected chi connectivity index (χ3v) is 3.76. The SMILES string of the molecule is COc1ccccc1[C@H](CNC(=O)[C@@H](C)OC)NC(=O)[C@H](C)OC. The minimum atomic E-state index is -0.601. The molecular weight excluding hydrogens is 312 g/mol. The van der Waals surface area contributed by atoms with Gasteiger partial charge in [-0.25, -0.2) is 0 Å². The molecule has 0 radical (unpaired) electrons. The standard InChI is InChI=1S/C17H26N2O5/c1-11(22-3)16(20)18-10-14(19-17(21)12(2)23-4)13-8-6-7-9-15(13)24-5/h6-9,11-12,14H,10H2,1-5H3,(H,18,20)(H,19,21)/t11-,12+,14+/m1/s1. The Bertz CT molecular complexity index is 550. The third kappa shape index (κ3) is 5.50. The fraction of sp³-hybridized carbons (Fsp3) is 0.529. The second-order valence-electron chi connectivity index (χ2n) is 5.30. The number of hydrogen-bond acceptors (Lipinski definition) is 5. The molecule has 2 amide bonds. The van der Waals surface area contributed by atoms with Crippen LogP contribution in [0.3, 0.4) is 0 Å². The zero-order chi connectivity index (χ0) is 18.1. The number of ether oxygens (including phenoxy) is 3. The number of amides is 2. The smallest absolute Gasteiger partial charge is 0.249 e. The normalized spacial score (nSPS) is 14.4. The van der Waals surface area contributed by atoms with Crippen molar-refractivity contribution in [2.45, 2.75) is 32.1 Å². The van der Waals surface area contributed by atoms with Gasteiger partial charge in [0.25, 0.3) is 0 Å². The molecule has 0 heterocycles. The van der Waals surface area contributed by atoms with E-state index in [1.54, 1.807) is 27.0 Å². The van der Waals surface area contributed by atoms with Crippen molar-refractivity contribution in [2.75, 3.05) is 27.9 Å². The first-order valence-electron chi connectivity index (χ1n) is 7.71. The Balaban J connectivity index is 2.94. The molecule has 3 atom stereocenters. The first-order chi connectivity index (χ1) is 11.4. The molecule has 134 valence electrons. The maximum Gasteiger partial charge on any atom is 0.249 e. The van der Waals surface area contributed by atoms with Crippen LogP contribution in [0.25, 0.3) is 0 Å². The number of carbonyl (C=O) groups is 2. The van der Waals surface area contributed by atoms with E-state index in [0.29, 0.717) is 5.75 Å². The summed E-state index contributed by atoms with van der Waals surface area (Å²) in [5.74, 6) is 0.0933. The van der Waals surface area contributed by atoms with Crippen LogP contribution in [0.4, 0.5) is 0 Å². The van der Waals surface area contributed by atoms with Gasteiger partial charge in [0.15, 0.2) is 0 Å². The summed E-state index contributed by atoms with van der Waals surface area (Å²) in [7, 11) is 4.48. The molecule has 24 heavy (non-hydrogen) atoms. The molecule has 0 aliphatic rings. The molecule has 0 spiro atoms. The zero-order valence-electron chi connectivity index (χ0n) is 14.8. The Morgan fingerprint density at radius 1 is 1.00 bits per heavy atom. The van der Waals surface area contributed by atoms with Crippen molar-refractivity contribution in [3.63, 3.8) is 0 Å². The molecule has 7 nitrogen and oxygen atoms in total. The van der Waals surface area contributed by atoms with Crippen molar-refractivity contribution in [1.29, 1.82) is 0 Å². The highest BCUT2D eigenvalue weighted by atomic mass is 16.5. The van der Waals surface area contributed by atoms with Gasteiger partial charge in [0.1, 0.15) is 18.0 Å². The summed E-state index contributed by atoms with van der Waals surface area (Å²) >= 11 is 0. The highest BCUT2D eigenvalue weighted by Crippen LogP contribution is 2.24. The predicted octanol–water partition coefficient (Wildman–Crippen LogP) is 1.04. The molecular formula is C17H26N2O5. The number of carbonyl (C=O) groups excluding carboxylic acids is 2. The van der Waals surface area contributed by atoms with Crippen LogP contribution in [-0.4, -0.2) is 51.9 Å². The largest absolute Gasteiger partial charge is 0.496 e. The van der Waals surface area contributed by atoms with Crippen molar-refractivity contribution in [1.82, 2.24) is 10.6 Å². The number of hydrogen-bond donors (Lipinski definition) is 2. The van der Waals surface area contributed by atoms with E-state index in [-0.39, 0.29) is 18.4 Å². The average molecular weight is 338 g/mol. The van der Waals surface area contributed by atoms with E-state index in [9.17, 15) is 9.59 Å². The molecule has 7 heteroatoms. The van der Waals surface area contributed by atoms with E-state index in [0.717, 1.165) is 5.56 Å². The summed E-state index contributed by atoms with van der Waals surface area (Å²) in [4.78, 5) is 24.1. The van der Waals surface area contributed by atoms with Crippen molar-refractivity contribution in [3.8, 4) is 5.75 Å². The maximum absolute atomic E-state index is 12.2. The summed E-state index contributed by atoms with van der Waals surface area (Å²) < 4.78 is 15.4. The van der Waals surface area contributed by atoms with Gasteiger partial charge in [-0.15, -0.1) is 0 Å². The molecule has 2 N–H and O–H groups in total. The Hall–Kier alpha value is -2.12. The second kappa shape index (κ2) is 9.89. The van der Waals surface area contributed by atoms with Crippen molar-refractivity contribution < 1.29 is 23.8 Å². The van der Waals surface area contributed by atoms with Gasteiger partial charge in [-0.2, -0.15) is 0 Å². The lowest BCUT2D eigenvalue weighted by molar-refractivity contribution is -0.132. The van der Waals surface area contributed by atoms with E-state index >= 15 is 0 Å². The van der Waals surface area contributed by atoms with Gasteiger partial charge in [-0.3, -0.25) is 9.59 Å². The average Bonchev–Trinajstić information content (AvgIpc) is 2.62. The monoisotopic (exact) mass is 338 g/mol. The van der Waals surface area contributed by atoms with Crippen LogP contribution in [-0.2, 0) is 19.1 Å². The quantitative estimate of drug-likeness (QED) is 0.703. The van der Waals surface area contributed by atoms with Gasteiger partial charge in [0.05, 0.1) is 13.2 Å². The first kappa shape index (κ1) is 19.9. The van der Waals surface area contributed by atoms with Gasteiger partial charge < -0.3 is 24.8 Å². The van der Waals surface area contributed by atoms with Crippen LogP contribution in [0, 0.1) is 0 Å². The lowest BCUT2D eigenvalue weighted by atomic mass is 10.0. The first-order valence-corrected chi connectivity index (χ1v) is 7.71. The van der Waals surface area contributed by atoms with Crippen LogP contribution in [0.2, 0.25) is 0 Å². The zero-order valence-corrected chi connectivity index (χ0v) is 14.8. The number of nitrogens with one attached hydrogen (secondary N) is 2. The minimum absolute atomic E-state index is 0.203. The van der Waals surface area contributed by atoms with E-state index in [1.165, 1.54) is 14.2 Å². The molecule has 0 fully saturated rings. The van der Waals surface area contributed by atoms with Crippen molar-refractivity contribution in [2.24, 2.45) is 0 Å². The topological polar surface area (TPSA) is 85.9 Å². The number of benzene rings is 1. The number of para-hydroxylation sites is 1. The molecule has 0 aliphatic carbocycles. The van der Waals surface area contributed by atoms with Gasteiger partial charge >= 0.3 is 0 Å². The summed E-state index contributed by atoms with van der Waals surface area (Å²) in [5.41, 5.74) is 0.766. The molecule has 0 aromatic heterocycles. The molecule has 0 saturated heterocycles. The molecule has 1 rings (SSSR count). The Morgan fingerprint density at radius 3 is 2.17 bits per heavy atom. The third-order valence-electron chi connectivity index (χ3n) is 3.76. The number of methoxy groups -OCH3 is 3. The van der Waals surface area contributed by atoms with Crippen LogP contribution >= 0.6 is 0 Å².